The average molecular weight is 458 g/mol. The zero-order valence-corrected chi connectivity index (χ0v) is 19.3. The van der Waals surface area contributed by atoms with Gasteiger partial charge in [-0.2, -0.15) is 5.10 Å². The molecule has 0 N–H and O–H groups in total. The number of hydrogen-bond acceptors (Lipinski definition) is 5. The van der Waals surface area contributed by atoms with Crippen LogP contribution >= 0.6 is 11.6 Å². The predicted molar refractivity (Wildman–Crippen MR) is 124 cm³/mol. The van der Waals surface area contributed by atoms with Gasteiger partial charge in [-0.15, -0.1) is 0 Å². The fourth-order valence-corrected chi connectivity index (χ4v) is 3.72. The molecule has 1 aliphatic rings. The molecule has 3 rings (SSSR count). The third kappa shape index (κ3) is 5.66. The molecule has 0 bridgehead atoms. The molecule has 0 unspecified atom stereocenters. The topological polar surface area (TPSA) is 71.4 Å². The van der Waals surface area contributed by atoms with Gasteiger partial charge in [-0.05, 0) is 47.5 Å². The van der Waals surface area contributed by atoms with Gasteiger partial charge in [-0.25, -0.2) is 5.01 Å². The average Bonchev–Trinajstić information content (AvgIpc) is 3.27. The Kier molecular flexibility index (Phi) is 8.25. The van der Waals surface area contributed by atoms with Gasteiger partial charge >= 0.3 is 0 Å². The van der Waals surface area contributed by atoms with E-state index in [0.717, 1.165) is 22.6 Å². The molecule has 0 spiro atoms. The van der Waals surface area contributed by atoms with E-state index in [0.29, 0.717) is 31.0 Å². The summed E-state index contributed by atoms with van der Waals surface area (Å²) >= 11 is 6.06. The van der Waals surface area contributed by atoms with E-state index in [2.05, 4.69) is 5.10 Å². The summed E-state index contributed by atoms with van der Waals surface area (Å²) in [6.45, 7) is 2.43. The standard InChI is InChI=1S/C24H28ClN3O4/c1-4-23(29)27(13-14-31-2)16-24(30)28-22(18-5-9-19(25)10-6-18)15-21(26-28)17-7-11-20(32-3)12-8-17/h5-12,22H,4,13-16H2,1-3H3/t22-/m1/s1. The van der Waals surface area contributed by atoms with Crippen LogP contribution in [0.15, 0.2) is 53.6 Å². The van der Waals surface area contributed by atoms with Crippen LogP contribution in [0.1, 0.15) is 36.9 Å². The fraction of sp³-hybridized carbons (Fsp3) is 0.375. The summed E-state index contributed by atoms with van der Waals surface area (Å²) in [5, 5.41) is 6.79. The first kappa shape index (κ1) is 23.8. The SMILES string of the molecule is CCC(=O)N(CCOC)CC(=O)N1N=C(c2ccc(OC)cc2)C[C@@H]1c1ccc(Cl)cc1. The van der Waals surface area contributed by atoms with Gasteiger partial charge in [0.2, 0.25) is 5.91 Å². The third-order valence-corrected chi connectivity index (χ3v) is 5.64. The second-order valence-electron chi connectivity index (χ2n) is 7.45. The summed E-state index contributed by atoms with van der Waals surface area (Å²) in [7, 11) is 3.19. The van der Waals surface area contributed by atoms with E-state index in [4.69, 9.17) is 21.1 Å². The number of hydrogen-bond donors (Lipinski definition) is 0. The highest BCUT2D eigenvalue weighted by atomic mass is 35.5. The van der Waals surface area contributed by atoms with E-state index in [1.165, 1.54) is 9.91 Å². The first-order valence-corrected chi connectivity index (χ1v) is 10.9. The molecule has 0 fully saturated rings. The van der Waals surface area contributed by atoms with E-state index in [9.17, 15) is 9.59 Å². The lowest BCUT2D eigenvalue weighted by molar-refractivity contribution is -0.141. The molecule has 0 radical (unpaired) electrons. The second kappa shape index (κ2) is 11.1. The Morgan fingerprint density at radius 3 is 2.41 bits per heavy atom. The van der Waals surface area contributed by atoms with Crippen molar-refractivity contribution in [1.29, 1.82) is 0 Å². The number of hydrazone groups is 1. The van der Waals surface area contributed by atoms with Crippen molar-refractivity contribution in [1.82, 2.24) is 9.91 Å². The molecule has 0 aliphatic carbocycles. The van der Waals surface area contributed by atoms with Crippen molar-refractivity contribution >= 4 is 29.1 Å². The molecular formula is C24H28ClN3O4. The molecule has 170 valence electrons. The molecule has 8 heteroatoms. The van der Waals surface area contributed by atoms with Crippen LogP contribution in [0.3, 0.4) is 0 Å². The van der Waals surface area contributed by atoms with Crippen LogP contribution < -0.4 is 4.74 Å². The van der Waals surface area contributed by atoms with Gasteiger partial charge < -0.3 is 14.4 Å². The van der Waals surface area contributed by atoms with Crippen molar-refractivity contribution in [2.75, 3.05) is 33.9 Å². The predicted octanol–water partition coefficient (Wildman–Crippen LogP) is 3.91. The summed E-state index contributed by atoms with van der Waals surface area (Å²) in [5.74, 6) is 0.407. The lowest BCUT2D eigenvalue weighted by Gasteiger charge is -2.26. The van der Waals surface area contributed by atoms with E-state index < -0.39 is 0 Å². The van der Waals surface area contributed by atoms with Crippen LogP contribution in [-0.2, 0) is 14.3 Å². The Hall–Kier alpha value is -2.90. The van der Waals surface area contributed by atoms with Crippen LogP contribution in [0.4, 0.5) is 0 Å². The van der Waals surface area contributed by atoms with Gasteiger partial charge in [-0.3, -0.25) is 9.59 Å². The maximum Gasteiger partial charge on any atom is 0.262 e. The lowest BCUT2D eigenvalue weighted by atomic mass is 9.98. The minimum atomic E-state index is -0.280. The Labute approximate surface area is 193 Å². The van der Waals surface area contributed by atoms with Gasteiger partial charge in [0.1, 0.15) is 12.3 Å². The molecule has 1 atom stereocenters. The Bertz CT molecular complexity index is 960. The highest BCUT2D eigenvalue weighted by Gasteiger charge is 2.34. The van der Waals surface area contributed by atoms with Crippen LogP contribution in [-0.4, -0.2) is 61.4 Å². The zero-order chi connectivity index (χ0) is 23.1. The first-order valence-electron chi connectivity index (χ1n) is 10.5. The maximum absolute atomic E-state index is 13.3. The molecule has 0 aromatic heterocycles. The van der Waals surface area contributed by atoms with Crippen molar-refractivity contribution in [2.45, 2.75) is 25.8 Å². The summed E-state index contributed by atoms with van der Waals surface area (Å²) in [5.41, 5.74) is 2.65. The number of nitrogens with zero attached hydrogens (tertiary/aromatic N) is 3. The Balaban J connectivity index is 1.88. The van der Waals surface area contributed by atoms with E-state index in [1.54, 1.807) is 33.3 Å². The van der Waals surface area contributed by atoms with Crippen LogP contribution in [0.2, 0.25) is 5.02 Å². The number of carbonyl (C=O) groups is 2. The number of methoxy groups -OCH3 is 2. The molecule has 2 aromatic rings. The smallest absolute Gasteiger partial charge is 0.262 e. The molecule has 2 aromatic carbocycles. The molecule has 0 saturated heterocycles. The van der Waals surface area contributed by atoms with E-state index in [1.807, 2.05) is 36.4 Å². The quantitative estimate of drug-likeness (QED) is 0.572. The summed E-state index contributed by atoms with van der Waals surface area (Å²) in [6, 6.07) is 14.7. The van der Waals surface area contributed by atoms with E-state index >= 15 is 0 Å². The summed E-state index contributed by atoms with van der Waals surface area (Å²) < 4.78 is 10.3. The molecule has 0 saturated carbocycles. The monoisotopic (exact) mass is 457 g/mol. The summed E-state index contributed by atoms with van der Waals surface area (Å²) in [4.78, 5) is 27.2. The van der Waals surface area contributed by atoms with Gasteiger partial charge in [0.15, 0.2) is 0 Å². The van der Waals surface area contributed by atoms with Gasteiger partial charge in [0.05, 0.1) is 25.5 Å². The van der Waals surface area contributed by atoms with E-state index in [-0.39, 0.29) is 24.4 Å². The van der Waals surface area contributed by atoms with Crippen molar-refractivity contribution in [2.24, 2.45) is 5.10 Å². The van der Waals surface area contributed by atoms with Gasteiger partial charge in [0.25, 0.3) is 5.91 Å². The Morgan fingerprint density at radius 2 is 1.81 bits per heavy atom. The molecule has 32 heavy (non-hydrogen) atoms. The van der Waals surface area contributed by atoms with Crippen molar-refractivity contribution in [3.05, 3.63) is 64.7 Å². The first-order chi connectivity index (χ1) is 15.5. The summed E-state index contributed by atoms with van der Waals surface area (Å²) in [6.07, 6.45) is 0.872. The van der Waals surface area contributed by atoms with Crippen LogP contribution in [0.25, 0.3) is 0 Å². The fourth-order valence-electron chi connectivity index (χ4n) is 3.60. The van der Waals surface area contributed by atoms with Crippen LogP contribution in [0, 0.1) is 0 Å². The maximum atomic E-state index is 13.3. The number of amides is 2. The second-order valence-corrected chi connectivity index (χ2v) is 7.88. The van der Waals surface area contributed by atoms with Crippen LogP contribution in [0.5, 0.6) is 5.75 Å². The van der Waals surface area contributed by atoms with Gasteiger partial charge in [0, 0.05) is 31.5 Å². The molecule has 7 nitrogen and oxygen atoms in total. The number of halogens is 1. The number of carbonyl (C=O) groups excluding carboxylic acids is 2. The van der Waals surface area contributed by atoms with Gasteiger partial charge in [-0.1, -0.05) is 30.7 Å². The van der Waals surface area contributed by atoms with Crippen molar-refractivity contribution < 1.29 is 19.1 Å². The minimum absolute atomic E-state index is 0.0560. The number of benzene rings is 2. The highest BCUT2D eigenvalue weighted by molar-refractivity contribution is 6.30. The number of ether oxygens (including phenoxy) is 2. The molecular weight excluding hydrogens is 430 g/mol. The Morgan fingerprint density at radius 1 is 1.12 bits per heavy atom. The minimum Gasteiger partial charge on any atom is -0.497 e. The largest absolute Gasteiger partial charge is 0.497 e. The third-order valence-electron chi connectivity index (χ3n) is 5.39. The molecule has 1 heterocycles. The lowest BCUT2D eigenvalue weighted by Crippen LogP contribution is -2.42. The molecule has 1 aliphatic heterocycles. The van der Waals surface area contributed by atoms with Crippen molar-refractivity contribution in [3.8, 4) is 5.75 Å². The normalized spacial score (nSPS) is 15.4. The highest BCUT2D eigenvalue weighted by Crippen LogP contribution is 2.33. The van der Waals surface area contributed by atoms with Crippen molar-refractivity contribution in [3.63, 3.8) is 0 Å². The number of rotatable bonds is 9. The zero-order valence-electron chi connectivity index (χ0n) is 18.6. The molecule has 2 amide bonds.